The average Bonchev–Trinajstić information content (AvgIpc) is 2.24. The summed E-state index contributed by atoms with van der Waals surface area (Å²) in [5, 5.41) is 0. The Hall–Kier alpha value is -1.12. The first-order valence-corrected chi connectivity index (χ1v) is 5.36. The number of hydrogen-bond acceptors (Lipinski definition) is 3. The van der Waals surface area contributed by atoms with Gasteiger partial charge < -0.3 is 4.74 Å². The number of carbonyl (C=O) groups is 2. The maximum absolute atomic E-state index is 11.4. The monoisotopic (exact) mass is 212 g/mol. The molecule has 0 radical (unpaired) electrons. The molecule has 1 atom stereocenters. The number of aldehydes is 1. The molecule has 0 saturated carbocycles. The van der Waals surface area contributed by atoms with Gasteiger partial charge in [-0.1, -0.05) is 26.8 Å². The molecule has 3 nitrogen and oxygen atoms in total. The number of esters is 1. The van der Waals surface area contributed by atoms with E-state index in [1.807, 2.05) is 13.8 Å². The summed E-state index contributed by atoms with van der Waals surface area (Å²) in [5.74, 6) is -0.486. The third-order valence-electron chi connectivity index (χ3n) is 2.41. The molecule has 86 valence electrons. The summed E-state index contributed by atoms with van der Waals surface area (Å²) in [6.07, 6.45) is 3.68. The van der Waals surface area contributed by atoms with Crippen molar-refractivity contribution in [1.82, 2.24) is 0 Å². The van der Waals surface area contributed by atoms with E-state index in [1.165, 1.54) is 0 Å². The molecule has 0 amide bonds. The van der Waals surface area contributed by atoms with Crippen LogP contribution in [0.15, 0.2) is 12.2 Å². The summed E-state index contributed by atoms with van der Waals surface area (Å²) in [6, 6.07) is 0. The first-order valence-electron chi connectivity index (χ1n) is 5.36. The number of unbranched alkanes of at least 4 members (excludes halogenated alkanes) is 1. The zero-order valence-electron chi connectivity index (χ0n) is 9.84. The van der Waals surface area contributed by atoms with E-state index in [-0.39, 0.29) is 0 Å². The molecule has 0 aliphatic heterocycles. The first kappa shape index (κ1) is 13.9. The maximum atomic E-state index is 11.4. The quantitative estimate of drug-likeness (QED) is 0.370. The molecular weight excluding hydrogens is 192 g/mol. The number of rotatable bonds is 7. The third-order valence-corrected chi connectivity index (χ3v) is 2.41. The Morgan fingerprint density at radius 2 is 2.07 bits per heavy atom. The molecule has 0 rings (SSSR count). The predicted molar refractivity (Wildman–Crippen MR) is 59.5 cm³/mol. The summed E-state index contributed by atoms with van der Waals surface area (Å²) >= 11 is 0. The molecule has 0 spiro atoms. The van der Waals surface area contributed by atoms with Gasteiger partial charge in [-0.15, -0.1) is 0 Å². The van der Waals surface area contributed by atoms with Crippen LogP contribution in [0.4, 0.5) is 0 Å². The number of ether oxygens (including phenoxy) is 1. The minimum absolute atomic E-state index is 0.325. The number of carbonyl (C=O) groups excluding carboxylic acids is 2. The van der Waals surface area contributed by atoms with Crippen LogP contribution in [0, 0.1) is 0 Å². The maximum Gasteiger partial charge on any atom is 0.334 e. The molecule has 0 bridgehead atoms. The second-order valence-corrected chi connectivity index (χ2v) is 3.81. The minimum atomic E-state index is -0.952. The zero-order chi connectivity index (χ0) is 11.9. The summed E-state index contributed by atoms with van der Waals surface area (Å²) in [5.41, 5.74) is -0.627. The zero-order valence-corrected chi connectivity index (χ0v) is 9.84. The SMILES string of the molecule is C=C(C)C(=O)OC(C=O)(CC)CCCC. The van der Waals surface area contributed by atoms with E-state index in [2.05, 4.69) is 6.58 Å². The van der Waals surface area contributed by atoms with Crippen molar-refractivity contribution in [2.24, 2.45) is 0 Å². The average molecular weight is 212 g/mol. The topological polar surface area (TPSA) is 43.4 Å². The second-order valence-electron chi connectivity index (χ2n) is 3.81. The Bertz CT molecular complexity index is 245. The lowest BCUT2D eigenvalue weighted by Gasteiger charge is -2.26. The van der Waals surface area contributed by atoms with Crippen molar-refractivity contribution in [2.75, 3.05) is 0 Å². The van der Waals surface area contributed by atoms with Gasteiger partial charge in [0.05, 0.1) is 0 Å². The lowest BCUT2D eigenvalue weighted by atomic mass is 9.95. The molecule has 0 aromatic heterocycles. The van der Waals surface area contributed by atoms with Crippen molar-refractivity contribution in [3.63, 3.8) is 0 Å². The van der Waals surface area contributed by atoms with E-state index in [0.29, 0.717) is 18.4 Å². The lowest BCUT2D eigenvalue weighted by molar-refractivity contribution is -0.160. The summed E-state index contributed by atoms with van der Waals surface area (Å²) in [7, 11) is 0. The van der Waals surface area contributed by atoms with E-state index in [0.717, 1.165) is 19.1 Å². The van der Waals surface area contributed by atoms with Crippen LogP contribution >= 0.6 is 0 Å². The normalized spacial score (nSPS) is 14.1. The van der Waals surface area contributed by atoms with E-state index < -0.39 is 11.6 Å². The van der Waals surface area contributed by atoms with Crippen LogP contribution in [0.3, 0.4) is 0 Å². The van der Waals surface area contributed by atoms with Gasteiger partial charge in [-0.05, 0) is 26.2 Å². The van der Waals surface area contributed by atoms with E-state index >= 15 is 0 Å². The highest BCUT2D eigenvalue weighted by Gasteiger charge is 2.31. The Morgan fingerprint density at radius 3 is 2.40 bits per heavy atom. The van der Waals surface area contributed by atoms with Gasteiger partial charge in [0.15, 0.2) is 11.9 Å². The van der Waals surface area contributed by atoms with Crippen molar-refractivity contribution >= 4 is 12.3 Å². The highest BCUT2D eigenvalue weighted by atomic mass is 16.6. The van der Waals surface area contributed by atoms with Crippen molar-refractivity contribution in [3.05, 3.63) is 12.2 Å². The Morgan fingerprint density at radius 1 is 1.47 bits per heavy atom. The lowest BCUT2D eigenvalue weighted by Crippen LogP contribution is -2.36. The summed E-state index contributed by atoms with van der Waals surface area (Å²) in [6.45, 7) is 8.95. The molecule has 1 unspecified atom stereocenters. The van der Waals surface area contributed by atoms with Crippen molar-refractivity contribution in [3.8, 4) is 0 Å². The smallest absolute Gasteiger partial charge is 0.334 e. The van der Waals surface area contributed by atoms with Gasteiger partial charge in [0.25, 0.3) is 0 Å². The van der Waals surface area contributed by atoms with E-state index in [1.54, 1.807) is 6.92 Å². The Balaban J connectivity index is 4.55. The fourth-order valence-corrected chi connectivity index (χ4v) is 1.21. The molecule has 0 N–H and O–H groups in total. The molecule has 0 aromatic rings. The summed E-state index contributed by atoms with van der Waals surface area (Å²) in [4.78, 5) is 22.4. The third kappa shape index (κ3) is 4.28. The van der Waals surface area contributed by atoms with Gasteiger partial charge in [0, 0.05) is 5.57 Å². The molecule has 0 aromatic carbocycles. The first-order chi connectivity index (χ1) is 7.01. The van der Waals surface area contributed by atoms with Crippen molar-refractivity contribution < 1.29 is 14.3 Å². The Kier molecular flexibility index (Phi) is 5.90. The fourth-order valence-electron chi connectivity index (χ4n) is 1.21. The molecule has 0 aliphatic carbocycles. The van der Waals surface area contributed by atoms with Crippen LogP contribution in [-0.2, 0) is 14.3 Å². The largest absolute Gasteiger partial charge is 0.448 e. The van der Waals surface area contributed by atoms with Crippen LogP contribution in [0.5, 0.6) is 0 Å². The van der Waals surface area contributed by atoms with Gasteiger partial charge in [0.1, 0.15) is 0 Å². The minimum Gasteiger partial charge on any atom is -0.448 e. The summed E-state index contributed by atoms with van der Waals surface area (Å²) < 4.78 is 5.19. The molecule has 0 saturated heterocycles. The van der Waals surface area contributed by atoms with Crippen LogP contribution in [0.2, 0.25) is 0 Å². The van der Waals surface area contributed by atoms with Crippen molar-refractivity contribution in [1.29, 1.82) is 0 Å². The van der Waals surface area contributed by atoms with Gasteiger partial charge in [-0.2, -0.15) is 0 Å². The van der Waals surface area contributed by atoms with E-state index in [4.69, 9.17) is 4.74 Å². The van der Waals surface area contributed by atoms with Gasteiger partial charge in [-0.25, -0.2) is 4.79 Å². The molecule has 3 heteroatoms. The van der Waals surface area contributed by atoms with Crippen LogP contribution in [0.1, 0.15) is 46.5 Å². The molecule has 15 heavy (non-hydrogen) atoms. The van der Waals surface area contributed by atoms with Gasteiger partial charge in [-0.3, -0.25) is 4.79 Å². The highest BCUT2D eigenvalue weighted by molar-refractivity contribution is 5.88. The number of hydrogen-bond donors (Lipinski definition) is 0. The van der Waals surface area contributed by atoms with Gasteiger partial charge >= 0.3 is 5.97 Å². The van der Waals surface area contributed by atoms with E-state index in [9.17, 15) is 9.59 Å². The fraction of sp³-hybridized carbons (Fsp3) is 0.667. The molecular formula is C12H20O3. The second kappa shape index (κ2) is 6.38. The highest BCUT2D eigenvalue weighted by Crippen LogP contribution is 2.22. The van der Waals surface area contributed by atoms with Crippen LogP contribution in [-0.4, -0.2) is 17.9 Å². The van der Waals surface area contributed by atoms with Gasteiger partial charge in [0.2, 0.25) is 0 Å². The standard InChI is InChI=1S/C12H20O3/c1-5-7-8-12(6-2,9-13)15-11(14)10(3)4/h9H,3,5-8H2,1-2,4H3. The van der Waals surface area contributed by atoms with Crippen LogP contribution in [0.25, 0.3) is 0 Å². The molecule has 0 aliphatic rings. The molecule has 0 heterocycles. The van der Waals surface area contributed by atoms with Crippen LogP contribution < -0.4 is 0 Å². The predicted octanol–water partition coefficient (Wildman–Crippen LogP) is 2.64. The van der Waals surface area contributed by atoms with Crippen molar-refractivity contribution in [2.45, 2.75) is 52.1 Å². The molecule has 0 fully saturated rings. The Labute approximate surface area is 91.5 Å².